The molecule has 1 aromatic rings. The Morgan fingerprint density at radius 3 is 2.63 bits per heavy atom. The number of benzene rings is 1. The zero-order valence-electron chi connectivity index (χ0n) is 15.0. The Labute approximate surface area is 160 Å². The van der Waals surface area contributed by atoms with Gasteiger partial charge in [-0.15, -0.1) is 11.8 Å². The van der Waals surface area contributed by atoms with Gasteiger partial charge in [-0.3, -0.25) is 19.8 Å². The maximum absolute atomic E-state index is 12.6. The van der Waals surface area contributed by atoms with Gasteiger partial charge in [-0.25, -0.2) is 4.79 Å². The highest BCUT2D eigenvalue weighted by Crippen LogP contribution is 2.51. The van der Waals surface area contributed by atoms with Crippen molar-refractivity contribution < 1.29 is 24.4 Å². The number of nitro benzene ring substituents is 1. The minimum Gasteiger partial charge on any atom is -0.456 e. The molecule has 144 valence electrons. The summed E-state index contributed by atoms with van der Waals surface area (Å²) in [6.07, 6.45) is 0.694. The van der Waals surface area contributed by atoms with Crippen LogP contribution in [0, 0.1) is 16.0 Å². The van der Waals surface area contributed by atoms with Crippen molar-refractivity contribution in [1.29, 1.82) is 0 Å². The number of hydrogen-bond acceptors (Lipinski definition) is 7. The fourth-order valence-electron chi connectivity index (χ4n) is 3.18. The first-order valence-electron chi connectivity index (χ1n) is 8.66. The molecular formula is C18H20N2O6S. The van der Waals surface area contributed by atoms with E-state index in [1.165, 1.54) is 40.9 Å². The SMILES string of the molecule is CCCC1=C(C(=O)OCc2ccc([N+](=O)[O-])cc2)N2C(=O)C(C(C)O)[C@H]2S1. The van der Waals surface area contributed by atoms with E-state index in [-0.39, 0.29) is 29.3 Å². The van der Waals surface area contributed by atoms with Gasteiger partial charge in [0.1, 0.15) is 17.7 Å². The van der Waals surface area contributed by atoms with Crippen LogP contribution in [0.1, 0.15) is 32.3 Å². The number of ether oxygens (including phenoxy) is 1. The molecule has 0 aromatic heterocycles. The third kappa shape index (κ3) is 3.57. The molecule has 0 saturated carbocycles. The number of carbonyl (C=O) groups excluding carboxylic acids is 2. The van der Waals surface area contributed by atoms with Crippen LogP contribution in [0.2, 0.25) is 0 Å². The molecule has 1 amide bonds. The van der Waals surface area contributed by atoms with Crippen LogP contribution in [-0.4, -0.2) is 38.3 Å². The Morgan fingerprint density at radius 2 is 2.07 bits per heavy atom. The maximum atomic E-state index is 12.6. The van der Waals surface area contributed by atoms with Crippen molar-refractivity contribution >= 4 is 29.3 Å². The molecule has 0 aliphatic carbocycles. The Hall–Kier alpha value is -2.39. The quantitative estimate of drug-likeness (QED) is 0.329. The number of non-ortho nitro benzene ring substituents is 1. The van der Waals surface area contributed by atoms with Crippen LogP contribution in [0.4, 0.5) is 5.69 Å². The molecule has 2 aliphatic heterocycles. The van der Waals surface area contributed by atoms with Crippen molar-refractivity contribution in [3.05, 3.63) is 50.5 Å². The first-order chi connectivity index (χ1) is 12.8. The second kappa shape index (κ2) is 7.69. The monoisotopic (exact) mass is 392 g/mol. The Morgan fingerprint density at radius 1 is 1.41 bits per heavy atom. The molecule has 0 bridgehead atoms. The van der Waals surface area contributed by atoms with E-state index in [0.29, 0.717) is 12.0 Å². The van der Waals surface area contributed by atoms with Crippen LogP contribution in [0.15, 0.2) is 34.9 Å². The molecule has 27 heavy (non-hydrogen) atoms. The molecule has 9 heteroatoms. The van der Waals surface area contributed by atoms with Gasteiger partial charge in [-0.1, -0.05) is 13.3 Å². The molecule has 1 saturated heterocycles. The summed E-state index contributed by atoms with van der Waals surface area (Å²) in [5.41, 5.74) is 0.838. The van der Waals surface area contributed by atoms with E-state index in [1.54, 1.807) is 6.92 Å². The highest BCUT2D eigenvalue weighted by atomic mass is 32.2. The number of allylic oxidation sites excluding steroid dienone is 1. The highest BCUT2D eigenvalue weighted by Gasteiger charge is 2.57. The molecule has 1 N–H and O–H groups in total. The summed E-state index contributed by atoms with van der Waals surface area (Å²) in [4.78, 5) is 37.4. The van der Waals surface area contributed by atoms with Gasteiger partial charge in [-0.2, -0.15) is 0 Å². The number of nitro groups is 1. The van der Waals surface area contributed by atoms with Crippen molar-refractivity contribution in [3.63, 3.8) is 0 Å². The fraction of sp³-hybridized carbons (Fsp3) is 0.444. The van der Waals surface area contributed by atoms with E-state index in [1.807, 2.05) is 6.92 Å². The van der Waals surface area contributed by atoms with E-state index in [2.05, 4.69) is 0 Å². The lowest BCUT2D eigenvalue weighted by molar-refractivity contribution is -0.384. The van der Waals surface area contributed by atoms with Crippen molar-refractivity contribution in [2.75, 3.05) is 0 Å². The predicted octanol–water partition coefficient (Wildman–Crippen LogP) is 2.56. The van der Waals surface area contributed by atoms with Crippen LogP contribution in [0.3, 0.4) is 0 Å². The summed E-state index contributed by atoms with van der Waals surface area (Å²) in [5.74, 6) is -1.37. The number of hydrogen-bond donors (Lipinski definition) is 1. The number of esters is 1. The summed E-state index contributed by atoms with van der Waals surface area (Å²) < 4.78 is 5.35. The number of carbonyl (C=O) groups is 2. The number of fused-ring (bicyclic) bond motifs is 1. The number of aliphatic hydroxyl groups is 1. The standard InChI is InChI=1S/C18H20N2O6S/c1-3-4-13-15(19-16(22)14(10(2)21)17(19)27-13)18(23)26-9-11-5-7-12(8-6-11)20(24)25/h5-8,10,14,17,21H,3-4,9H2,1-2H3/t10?,14?,17-/m1/s1. The Balaban J connectivity index is 1.71. The van der Waals surface area contributed by atoms with E-state index < -0.39 is 22.9 Å². The zero-order chi connectivity index (χ0) is 19.7. The van der Waals surface area contributed by atoms with E-state index in [4.69, 9.17) is 4.74 Å². The second-order valence-corrected chi connectivity index (χ2v) is 7.72. The average molecular weight is 392 g/mol. The molecule has 8 nitrogen and oxygen atoms in total. The zero-order valence-corrected chi connectivity index (χ0v) is 15.8. The number of thioether (sulfide) groups is 1. The topological polar surface area (TPSA) is 110 Å². The maximum Gasteiger partial charge on any atom is 0.356 e. The molecule has 1 fully saturated rings. The Bertz CT molecular complexity index is 805. The number of rotatable bonds is 7. The normalized spacial score (nSPS) is 22.3. The number of β-lactam (4-membered cyclic amide) rings is 1. The lowest BCUT2D eigenvalue weighted by Crippen LogP contribution is -2.60. The van der Waals surface area contributed by atoms with Crippen LogP contribution in [0.25, 0.3) is 0 Å². The fourth-order valence-corrected chi connectivity index (χ4v) is 4.89. The third-order valence-electron chi connectivity index (χ3n) is 4.56. The summed E-state index contributed by atoms with van der Waals surface area (Å²) in [6, 6.07) is 5.74. The minimum absolute atomic E-state index is 0.0385. The van der Waals surface area contributed by atoms with Gasteiger partial charge in [0, 0.05) is 17.0 Å². The van der Waals surface area contributed by atoms with E-state index >= 15 is 0 Å². The molecule has 1 aromatic carbocycles. The first kappa shape index (κ1) is 19.4. The van der Waals surface area contributed by atoms with Gasteiger partial charge in [0.2, 0.25) is 5.91 Å². The smallest absolute Gasteiger partial charge is 0.356 e. The summed E-state index contributed by atoms with van der Waals surface area (Å²) in [7, 11) is 0. The van der Waals surface area contributed by atoms with Gasteiger partial charge in [0.25, 0.3) is 5.69 Å². The predicted molar refractivity (Wildman–Crippen MR) is 98.2 cm³/mol. The van der Waals surface area contributed by atoms with Gasteiger partial charge in [0.15, 0.2) is 0 Å². The van der Waals surface area contributed by atoms with Gasteiger partial charge in [-0.05, 0) is 31.0 Å². The van der Waals surface area contributed by atoms with Gasteiger partial charge in [0.05, 0.1) is 16.9 Å². The number of nitrogens with zero attached hydrogens (tertiary/aromatic N) is 2. The molecule has 2 unspecified atom stereocenters. The lowest BCUT2D eigenvalue weighted by atomic mass is 9.92. The highest BCUT2D eigenvalue weighted by molar-refractivity contribution is 8.04. The molecule has 0 spiro atoms. The Kier molecular flexibility index (Phi) is 5.52. The van der Waals surface area contributed by atoms with Crippen molar-refractivity contribution in [2.24, 2.45) is 5.92 Å². The molecule has 2 aliphatic rings. The van der Waals surface area contributed by atoms with Crippen LogP contribution in [0.5, 0.6) is 0 Å². The molecule has 0 radical (unpaired) electrons. The average Bonchev–Trinajstić information content (AvgIpc) is 2.94. The summed E-state index contributed by atoms with van der Waals surface area (Å²) in [6.45, 7) is 3.51. The van der Waals surface area contributed by atoms with Gasteiger partial charge < -0.3 is 9.84 Å². The second-order valence-electron chi connectivity index (χ2n) is 6.50. The van der Waals surface area contributed by atoms with E-state index in [9.17, 15) is 24.8 Å². The largest absolute Gasteiger partial charge is 0.456 e. The van der Waals surface area contributed by atoms with Crippen LogP contribution < -0.4 is 0 Å². The molecule has 3 atom stereocenters. The number of aliphatic hydroxyl groups excluding tert-OH is 1. The molecule has 3 rings (SSSR count). The lowest BCUT2D eigenvalue weighted by Gasteiger charge is -2.43. The first-order valence-corrected chi connectivity index (χ1v) is 9.54. The van der Waals surface area contributed by atoms with E-state index in [0.717, 1.165) is 11.3 Å². The number of amides is 1. The summed E-state index contributed by atoms with van der Waals surface area (Å²) >= 11 is 1.44. The van der Waals surface area contributed by atoms with Crippen LogP contribution in [-0.2, 0) is 20.9 Å². The van der Waals surface area contributed by atoms with Crippen molar-refractivity contribution in [3.8, 4) is 0 Å². The van der Waals surface area contributed by atoms with Crippen LogP contribution >= 0.6 is 11.8 Å². The van der Waals surface area contributed by atoms with Crippen molar-refractivity contribution in [1.82, 2.24) is 4.90 Å². The third-order valence-corrected chi connectivity index (χ3v) is 5.99. The molecule has 2 heterocycles. The molecular weight excluding hydrogens is 372 g/mol. The summed E-state index contributed by atoms with van der Waals surface area (Å²) in [5, 5.41) is 20.2. The van der Waals surface area contributed by atoms with Crippen molar-refractivity contribution in [2.45, 2.75) is 44.8 Å². The minimum atomic E-state index is -0.774. The van der Waals surface area contributed by atoms with Gasteiger partial charge >= 0.3 is 5.97 Å².